The van der Waals surface area contributed by atoms with Crippen LogP contribution in [0.3, 0.4) is 0 Å². The van der Waals surface area contributed by atoms with Crippen LogP contribution < -0.4 is 4.74 Å². The maximum atomic E-state index is 13.2. The van der Waals surface area contributed by atoms with Gasteiger partial charge in [0.15, 0.2) is 0 Å². The Hall–Kier alpha value is -3.59. The Morgan fingerprint density at radius 3 is 2.00 bits per heavy atom. The van der Waals surface area contributed by atoms with Gasteiger partial charge in [0.05, 0.1) is 12.2 Å². The lowest BCUT2D eigenvalue weighted by molar-refractivity contribution is 0.0526. The molecule has 3 rings (SSSR count). The quantitative estimate of drug-likeness (QED) is 0.286. The highest BCUT2D eigenvalue weighted by atomic mass is 16.5. The van der Waals surface area contributed by atoms with Gasteiger partial charge in [0.1, 0.15) is 12.4 Å². The predicted octanol–water partition coefficient (Wildman–Crippen LogP) is 6.80. The molecule has 0 heterocycles. The van der Waals surface area contributed by atoms with Crippen LogP contribution in [0.2, 0.25) is 0 Å². The first-order valence-electron chi connectivity index (χ1n) is 10.5. The monoisotopic (exact) mass is 412 g/mol. The minimum Gasteiger partial charge on any atom is -0.489 e. The number of allylic oxidation sites excluding steroid dienone is 1. The van der Waals surface area contributed by atoms with Crippen molar-refractivity contribution in [2.24, 2.45) is 0 Å². The van der Waals surface area contributed by atoms with Crippen LogP contribution in [0, 0.1) is 6.92 Å². The fraction of sp³-hybridized carbons (Fsp3) is 0.179. The Morgan fingerprint density at radius 1 is 0.903 bits per heavy atom. The van der Waals surface area contributed by atoms with Crippen molar-refractivity contribution < 1.29 is 14.3 Å². The minimum atomic E-state index is -0.336. The maximum absolute atomic E-state index is 13.2. The second kappa shape index (κ2) is 10.4. The third-order valence-corrected chi connectivity index (χ3v) is 5.10. The molecular formula is C28H28O3. The fourth-order valence-electron chi connectivity index (χ4n) is 3.87. The van der Waals surface area contributed by atoms with Crippen molar-refractivity contribution in [2.45, 2.75) is 20.3 Å². The van der Waals surface area contributed by atoms with Gasteiger partial charge in [0.2, 0.25) is 0 Å². The van der Waals surface area contributed by atoms with Gasteiger partial charge < -0.3 is 9.47 Å². The zero-order valence-corrected chi connectivity index (χ0v) is 18.2. The molecule has 0 radical (unpaired) electrons. The summed E-state index contributed by atoms with van der Waals surface area (Å²) in [5, 5.41) is 0. The molecule has 0 amide bonds. The number of carbonyl (C=O) groups excluding carboxylic acids is 1. The molecule has 3 aromatic carbocycles. The van der Waals surface area contributed by atoms with Crippen molar-refractivity contribution in [1.29, 1.82) is 0 Å². The smallest absolute Gasteiger partial charge is 0.339 e. The van der Waals surface area contributed by atoms with Gasteiger partial charge in [-0.25, -0.2) is 4.79 Å². The van der Waals surface area contributed by atoms with E-state index in [1.54, 1.807) is 6.08 Å². The van der Waals surface area contributed by atoms with E-state index in [1.807, 2.05) is 80.6 Å². The van der Waals surface area contributed by atoms with Crippen molar-refractivity contribution in [2.75, 3.05) is 13.2 Å². The van der Waals surface area contributed by atoms with Gasteiger partial charge in [-0.3, -0.25) is 0 Å². The van der Waals surface area contributed by atoms with Crippen LogP contribution in [0.15, 0.2) is 86.0 Å². The Bertz CT molecular complexity index is 1070. The van der Waals surface area contributed by atoms with E-state index in [0.29, 0.717) is 25.2 Å². The topological polar surface area (TPSA) is 35.5 Å². The summed E-state index contributed by atoms with van der Waals surface area (Å²) in [5.41, 5.74) is 5.95. The van der Waals surface area contributed by atoms with Crippen LogP contribution >= 0.6 is 0 Å². The first-order valence-corrected chi connectivity index (χ1v) is 10.5. The molecule has 0 aliphatic rings. The van der Waals surface area contributed by atoms with E-state index in [0.717, 1.165) is 39.1 Å². The predicted molar refractivity (Wildman–Crippen MR) is 128 cm³/mol. The molecule has 0 bridgehead atoms. The van der Waals surface area contributed by atoms with Crippen LogP contribution in [-0.4, -0.2) is 19.2 Å². The number of carbonyl (C=O) groups is 1. The minimum absolute atomic E-state index is 0.304. The average molecular weight is 413 g/mol. The van der Waals surface area contributed by atoms with Gasteiger partial charge in [0.25, 0.3) is 0 Å². The highest BCUT2D eigenvalue weighted by Gasteiger charge is 2.28. The van der Waals surface area contributed by atoms with Crippen molar-refractivity contribution in [1.82, 2.24) is 0 Å². The molecule has 0 aromatic heterocycles. The first-order chi connectivity index (χ1) is 15.1. The average Bonchev–Trinajstić information content (AvgIpc) is 2.80. The molecule has 3 heteroatoms. The summed E-state index contributed by atoms with van der Waals surface area (Å²) in [5.74, 6) is 0.409. The Kier molecular flexibility index (Phi) is 7.45. The summed E-state index contributed by atoms with van der Waals surface area (Å²) in [6.07, 6.45) is 4.11. The summed E-state index contributed by atoms with van der Waals surface area (Å²) in [7, 11) is 0. The van der Waals surface area contributed by atoms with Crippen LogP contribution in [-0.2, 0) is 11.2 Å². The van der Waals surface area contributed by atoms with E-state index in [9.17, 15) is 4.79 Å². The van der Waals surface area contributed by atoms with Crippen molar-refractivity contribution in [3.8, 4) is 28.0 Å². The molecular weight excluding hydrogens is 384 g/mol. The molecule has 0 N–H and O–H groups in total. The van der Waals surface area contributed by atoms with Crippen LogP contribution in [0.25, 0.3) is 22.3 Å². The van der Waals surface area contributed by atoms with Gasteiger partial charge >= 0.3 is 5.97 Å². The highest BCUT2D eigenvalue weighted by molar-refractivity contribution is 6.03. The van der Waals surface area contributed by atoms with E-state index in [2.05, 4.69) is 13.2 Å². The second-order valence-corrected chi connectivity index (χ2v) is 7.10. The lowest BCUT2D eigenvalue weighted by atomic mass is 9.84. The van der Waals surface area contributed by atoms with E-state index < -0.39 is 0 Å². The number of benzene rings is 3. The summed E-state index contributed by atoms with van der Waals surface area (Å²) < 4.78 is 11.7. The Morgan fingerprint density at radius 2 is 1.48 bits per heavy atom. The summed E-state index contributed by atoms with van der Waals surface area (Å²) in [6, 6.07) is 19.9. The van der Waals surface area contributed by atoms with Crippen LogP contribution in [0.1, 0.15) is 28.4 Å². The molecule has 0 spiro atoms. The molecule has 0 unspecified atom stereocenters. The lowest BCUT2D eigenvalue weighted by Gasteiger charge is -2.24. The van der Waals surface area contributed by atoms with E-state index in [1.165, 1.54) is 0 Å². The van der Waals surface area contributed by atoms with E-state index in [4.69, 9.17) is 9.47 Å². The summed E-state index contributed by atoms with van der Waals surface area (Å²) in [6.45, 7) is 12.2. The number of hydrogen-bond donors (Lipinski definition) is 0. The summed E-state index contributed by atoms with van der Waals surface area (Å²) in [4.78, 5) is 13.2. The fourth-order valence-corrected chi connectivity index (χ4v) is 3.87. The summed E-state index contributed by atoms with van der Waals surface area (Å²) >= 11 is 0. The SMILES string of the molecule is C=CCOc1c(CC=C)c(-c2ccccc2)c(C(=O)OCC)c(C)c1-c1ccccc1. The zero-order valence-electron chi connectivity index (χ0n) is 18.2. The number of esters is 1. The van der Waals surface area contributed by atoms with Crippen LogP contribution in [0.4, 0.5) is 0 Å². The Labute approximate surface area is 184 Å². The van der Waals surface area contributed by atoms with Crippen molar-refractivity contribution in [3.05, 3.63) is 103 Å². The van der Waals surface area contributed by atoms with Gasteiger partial charge in [-0.05, 0) is 37.0 Å². The lowest BCUT2D eigenvalue weighted by Crippen LogP contribution is -2.14. The molecule has 0 saturated heterocycles. The molecule has 0 atom stereocenters. The molecule has 0 saturated carbocycles. The molecule has 31 heavy (non-hydrogen) atoms. The largest absolute Gasteiger partial charge is 0.489 e. The van der Waals surface area contributed by atoms with Gasteiger partial charge in [-0.2, -0.15) is 0 Å². The van der Waals surface area contributed by atoms with Crippen LogP contribution in [0.5, 0.6) is 5.75 Å². The van der Waals surface area contributed by atoms with Crippen molar-refractivity contribution >= 4 is 5.97 Å². The molecule has 3 aromatic rings. The van der Waals surface area contributed by atoms with E-state index >= 15 is 0 Å². The zero-order chi connectivity index (χ0) is 22.2. The Balaban J connectivity index is 2.49. The third kappa shape index (κ3) is 4.61. The third-order valence-electron chi connectivity index (χ3n) is 5.10. The van der Waals surface area contributed by atoms with E-state index in [-0.39, 0.29) is 5.97 Å². The normalized spacial score (nSPS) is 10.4. The molecule has 0 fully saturated rings. The highest BCUT2D eigenvalue weighted by Crippen LogP contribution is 2.45. The van der Waals surface area contributed by atoms with Gasteiger partial charge in [-0.15, -0.1) is 6.58 Å². The molecule has 158 valence electrons. The maximum Gasteiger partial charge on any atom is 0.339 e. The van der Waals surface area contributed by atoms with Crippen molar-refractivity contribution in [3.63, 3.8) is 0 Å². The number of ether oxygens (including phenoxy) is 2. The standard InChI is InChI=1S/C28H28O3/c1-5-14-23-26(22-17-12-9-13-18-22)25(28(29)30-7-3)20(4)24(27(23)31-19-6-2)21-15-10-8-11-16-21/h5-6,8-13,15-18H,1-2,7,14,19H2,3-4H3. The molecule has 0 aliphatic heterocycles. The molecule has 0 aliphatic carbocycles. The van der Waals surface area contributed by atoms with Gasteiger partial charge in [-0.1, -0.05) is 79.4 Å². The number of rotatable bonds is 9. The second-order valence-electron chi connectivity index (χ2n) is 7.10. The van der Waals surface area contributed by atoms with Gasteiger partial charge in [0, 0.05) is 16.7 Å². The number of hydrogen-bond acceptors (Lipinski definition) is 3. The molecule has 3 nitrogen and oxygen atoms in total. The first kappa shape index (κ1) is 22.1.